The lowest BCUT2D eigenvalue weighted by Gasteiger charge is -2.17. The average Bonchev–Trinajstić information content (AvgIpc) is 2.39. The molecule has 1 rings (SSSR count). The van der Waals surface area contributed by atoms with Crippen LogP contribution in [0.5, 0.6) is 0 Å². The molecule has 0 bridgehead atoms. The first kappa shape index (κ1) is 14.8. The number of nitro benzene ring substituents is 1. The number of carbonyl (C=O) groups excluding carboxylic acids is 1. The van der Waals surface area contributed by atoms with Crippen molar-refractivity contribution >= 4 is 11.6 Å². The van der Waals surface area contributed by atoms with Crippen molar-refractivity contribution in [3.63, 3.8) is 0 Å². The number of hydrogen-bond acceptors (Lipinski definition) is 4. The maximum atomic E-state index is 11.7. The van der Waals surface area contributed by atoms with Gasteiger partial charge in [0.15, 0.2) is 0 Å². The van der Waals surface area contributed by atoms with Crippen LogP contribution in [0.3, 0.4) is 0 Å². The second-order valence-corrected chi connectivity index (χ2v) is 4.10. The number of benzene rings is 1. The second-order valence-electron chi connectivity index (χ2n) is 4.10. The molecule has 0 aliphatic heterocycles. The summed E-state index contributed by atoms with van der Waals surface area (Å²) in [6.07, 6.45) is 1.67. The molecule has 19 heavy (non-hydrogen) atoms. The molecule has 0 saturated heterocycles. The summed E-state index contributed by atoms with van der Waals surface area (Å²) >= 11 is 0. The van der Waals surface area contributed by atoms with Crippen LogP contribution < -0.4 is 5.32 Å². The van der Waals surface area contributed by atoms with Gasteiger partial charge in [0.05, 0.1) is 11.5 Å². The van der Waals surface area contributed by atoms with Crippen molar-refractivity contribution in [2.24, 2.45) is 0 Å². The predicted molar refractivity (Wildman–Crippen MR) is 72.6 cm³/mol. The van der Waals surface area contributed by atoms with E-state index >= 15 is 0 Å². The van der Waals surface area contributed by atoms with E-state index in [1.807, 2.05) is 0 Å². The minimum atomic E-state index is -0.447. The van der Waals surface area contributed by atoms with E-state index in [0.717, 1.165) is 5.56 Å². The van der Waals surface area contributed by atoms with E-state index in [9.17, 15) is 14.9 Å². The normalized spacial score (nSPS) is 9.95. The summed E-state index contributed by atoms with van der Waals surface area (Å²) in [5.74, 6) is -0.0756. The van der Waals surface area contributed by atoms with Crippen LogP contribution in [-0.2, 0) is 11.3 Å². The van der Waals surface area contributed by atoms with Gasteiger partial charge in [-0.25, -0.2) is 0 Å². The molecular formula is C13H17N3O3. The lowest BCUT2D eigenvalue weighted by atomic mass is 10.2. The fourth-order valence-electron chi connectivity index (χ4n) is 1.55. The number of amides is 1. The molecule has 0 radical (unpaired) electrons. The van der Waals surface area contributed by atoms with Gasteiger partial charge in [-0.3, -0.25) is 14.9 Å². The van der Waals surface area contributed by atoms with Crippen LogP contribution in [0.15, 0.2) is 36.9 Å². The van der Waals surface area contributed by atoms with Gasteiger partial charge in [0.1, 0.15) is 0 Å². The highest BCUT2D eigenvalue weighted by Gasteiger charge is 2.11. The molecule has 0 aromatic heterocycles. The van der Waals surface area contributed by atoms with E-state index in [0.29, 0.717) is 13.1 Å². The fourth-order valence-corrected chi connectivity index (χ4v) is 1.55. The van der Waals surface area contributed by atoms with Gasteiger partial charge in [-0.05, 0) is 5.56 Å². The molecule has 102 valence electrons. The first-order valence-electron chi connectivity index (χ1n) is 5.83. The van der Waals surface area contributed by atoms with Crippen molar-refractivity contribution in [1.82, 2.24) is 10.2 Å². The fraction of sp³-hybridized carbons (Fsp3) is 0.308. The first-order chi connectivity index (χ1) is 9.04. The number of nitro groups is 1. The van der Waals surface area contributed by atoms with Crippen molar-refractivity contribution in [2.45, 2.75) is 6.54 Å². The second kappa shape index (κ2) is 7.27. The molecule has 1 amide bonds. The van der Waals surface area contributed by atoms with E-state index in [1.165, 1.54) is 17.0 Å². The third kappa shape index (κ3) is 4.89. The summed E-state index contributed by atoms with van der Waals surface area (Å²) in [4.78, 5) is 23.5. The largest absolute Gasteiger partial charge is 0.340 e. The molecule has 6 heteroatoms. The lowest BCUT2D eigenvalue weighted by Crippen LogP contribution is -2.35. The Kier molecular flexibility index (Phi) is 5.69. The Morgan fingerprint density at radius 2 is 2.32 bits per heavy atom. The molecule has 0 aliphatic rings. The van der Waals surface area contributed by atoms with Crippen molar-refractivity contribution < 1.29 is 9.72 Å². The molecular weight excluding hydrogens is 246 g/mol. The number of nitrogens with zero attached hydrogens (tertiary/aromatic N) is 2. The van der Waals surface area contributed by atoms with Crippen LogP contribution in [-0.4, -0.2) is 35.9 Å². The lowest BCUT2D eigenvalue weighted by molar-refractivity contribution is -0.384. The summed E-state index contributed by atoms with van der Waals surface area (Å²) in [6.45, 7) is 4.67. The van der Waals surface area contributed by atoms with Gasteiger partial charge >= 0.3 is 0 Å². The highest BCUT2D eigenvalue weighted by atomic mass is 16.6. The molecule has 0 unspecified atom stereocenters. The number of carbonyl (C=O) groups is 1. The minimum Gasteiger partial charge on any atom is -0.340 e. The maximum absolute atomic E-state index is 11.7. The van der Waals surface area contributed by atoms with E-state index < -0.39 is 4.92 Å². The molecule has 1 N–H and O–H groups in total. The quantitative estimate of drug-likeness (QED) is 0.348. The molecule has 0 aliphatic carbocycles. The SMILES string of the molecule is C=CCNCC(=O)N(C)Cc1cccc([N+](=O)[O-])c1. The zero-order valence-corrected chi connectivity index (χ0v) is 10.8. The van der Waals surface area contributed by atoms with Gasteiger partial charge in [0.2, 0.25) is 5.91 Å². The summed E-state index contributed by atoms with van der Waals surface area (Å²) in [7, 11) is 1.66. The Morgan fingerprint density at radius 3 is 2.95 bits per heavy atom. The molecule has 0 fully saturated rings. The summed E-state index contributed by atoms with van der Waals surface area (Å²) < 4.78 is 0. The van der Waals surface area contributed by atoms with Gasteiger partial charge in [0, 0.05) is 32.3 Å². The molecule has 0 heterocycles. The Labute approximate surface area is 111 Å². The molecule has 0 saturated carbocycles. The topological polar surface area (TPSA) is 75.5 Å². The van der Waals surface area contributed by atoms with Crippen molar-refractivity contribution in [2.75, 3.05) is 20.1 Å². The number of nitrogens with one attached hydrogen (secondary N) is 1. The third-order valence-corrected chi connectivity index (χ3v) is 2.53. The summed E-state index contributed by atoms with van der Waals surface area (Å²) in [5.41, 5.74) is 0.761. The third-order valence-electron chi connectivity index (χ3n) is 2.53. The minimum absolute atomic E-state index is 0.0307. The zero-order valence-electron chi connectivity index (χ0n) is 10.8. The first-order valence-corrected chi connectivity index (χ1v) is 5.83. The molecule has 0 atom stereocenters. The standard InChI is InChI=1S/C13H17N3O3/c1-3-7-14-9-13(17)15(2)10-11-5-4-6-12(8-11)16(18)19/h3-6,8,14H,1,7,9-10H2,2H3. The van der Waals surface area contributed by atoms with E-state index in [-0.39, 0.29) is 18.1 Å². The van der Waals surface area contributed by atoms with E-state index in [4.69, 9.17) is 0 Å². The molecule has 0 spiro atoms. The highest BCUT2D eigenvalue weighted by molar-refractivity contribution is 5.78. The number of non-ortho nitro benzene ring substituents is 1. The van der Waals surface area contributed by atoms with Crippen molar-refractivity contribution in [1.29, 1.82) is 0 Å². The highest BCUT2D eigenvalue weighted by Crippen LogP contribution is 2.14. The summed E-state index contributed by atoms with van der Waals surface area (Å²) in [5, 5.41) is 13.6. The molecule has 1 aromatic carbocycles. The predicted octanol–water partition coefficient (Wildman–Crippen LogP) is 1.33. The van der Waals surface area contributed by atoms with Crippen LogP contribution in [0.4, 0.5) is 5.69 Å². The van der Waals surface area contributed by atoms with E-state index in [2.05, 4.69) is 11.9 Å². The van der Waals surface area contributed by atoms with Crippen LogP contribution in [0.1, 0.15) is 5.56 Å². The van der Waals surface area contributed by atoms with Crippen LogP contribution in [0.2, 0.25) is 0 Å². The van der Waals surface area contributed by atoms with Gasteiger partial charge in [-0.1, -0.05) is 18.2 Å². The molecule has 6 nitrogen and oxygen atoms in total. The Hall–Kier alpha value is -2.21. The van der Waals surface area contributed by atoms with E-state index in [1.54, 1.807) is 25.3 Å². The number of hydrogen-bond donors (Lipinski definition) is 1. The smallest absolute Gasteiger partial charge is 0.269 e. The Morgan fingerprint density at radius 1 is 1.58 bits per heavy atom. The van der Waals surface area contributed by atoms with Crippen molar-refractivity contribution in [3.05, 3.63) is 52.6 Å². The Balaban J connectivity index is 2.58. The molecule has 1 aromatic rings. The van der Waals surface area contributed by atoms with Gasteiger partial charge in [-0.2, -0.15) is 0 Å². The van der Waals surface area contributed by atoms with Gasteiger partial charge < -0.3 is 10.2 Å². The maximum Gasteiger partial charge on any atom is 0.269 e. The van der Waals surface area contributed by atoms with Crippen molar-refractivity contribution in [3.8, 4) is 0 Å². The number of likely N-dealkylation sites (N-methyl/N-ethyl adjacent to an activating group) is 1. The summed E-state index contributed by atoms with van der Waals surface area (Å²) in [6, 6.07) is 6.27. The zero-order chi connectivity index (χ0) is 14.3. The Bertz CT molecular complexity index is 474. The average molecular weight is 263 g/mol. The monoisotopic (exact) mass is 263 g/mol. The van der Waals surface area contributed by atoms with Crippen LogP contribution in [0, 0.1) is 10.1 Å². The van der Waals surface area contributed by atoms with Gasteiger partial charge in [0.25, 0.3) is 5.69 Å². The number of rotatable bonds is 7. The van der Waals surface area contributed by atoms with Gasteiger partial charge in [-0.15, -0.1) is 6.58 Å². The van der Waals surface area contributed by atoms with Crippen LogP contribution in [0.25, 0.3) is 0 Å². The van der Waals surface area contributed by atoms with Crippen LogP contribution >= 0.6 is 0 Å².